The largest absolute Gasteiger partial charge is 0.561 e. The highest BCUT2D eigenvalue weighted by Crippen LogP contribution is 2.49. The van der Waals surface area contributed by atoms with E-state index in [1.54, 1.807) is 0 Å². The summed E-state index contributed by atoms with van der Waals surface area (Å²) in [5, 5.41) is 0. The molecule has 0 aliphatic carbocycles. The van der Waals surface area contributed by atoms with Crippen LogP contribution in [0.3, 0.4) is 0 Å². The molecule has 1 atom stereocenters. The highest BCUT2D eigenvalue weighted by atomic mass is 31.2. The summed E-state index contributed by atoms with van der Waals surface area (Å²) in [7, 11) is -3.98. The molecule has 4 nitrogen and oxygen atoms in total. The van der Waals surface area contributed by atoms with E-state index in [0.717, 1.165) is 6.26 Å². The Morgan fingerprint density at radius 3 is 2.70 bits per heavy atom. The van der Waals surface area contributed by atoms with Crippen molar-refractivity contribution < 1.29 is 22.9 Å². The predicted octanol–water partition coefficient (Wildman–Crippen LogP) is 2.19. The van der Waals surface area contributed by atoms with Gasteiger partial charge in [0.15, 0.2) is 0 Å². The van der Waals surface area contributed by atoms with Crippen molar-refractivity contribution >= 4 is 7.82 Å². The van der Waals surface area contributed by atoms with Gasteiger partial charge in [-0.3, -0.25) is 4.52 Å². The van der Waals surface area contributed by atoms with Gasteiger partial charge in [-0.05, 0) is 11.4 Å². The van der Waals surface area contributed by atoms with Crippen molar-refractivity contribution in [2.24, 2.45) is 0 Å². The second-order valence-electron chi connectivity index (χ2n) is 1.21. The summed E-state index contributed by atoms with van der Waals surface area (Å²) in [5.74, 6) is 0. The number of hydrogen-bond acceptors (Lipinski definition) is 4. The van der Waals surface area contributed by atoms with Crippen LogP contribution in [0.5, 0.6) is 0 Å². The lowest BCUT2D eigenvalue weighted by atomic mass is 10.9. The van der Waals surface area contributed by atoms with E-state index >= 15 is 0 Å². The molecule has 0 heterocycles. The van der Waals surface area contributed by atoms with Gasteiger partial charge in [0.2, 0.25) is 0 Å². The molecule has 0 bridgehead atoms. The minimum atomic E-state index is -3.98. The zero-order chi connectivity index (χ0) is 8.04. The lowest BCUT2D eigenvalue weighted by Crippen LogP contribution is -1.90. The minimum Gasteiger partial charge on any atom is -0.411 e. The lowest BCUT2D eigenvalue weighted by molar-refractivity contribution is -0.0483. The zero-order valence-corrected chi connectivity index (χ0v) is 6.34. The Bertz CT molecular complexity index is 148. The standard InChI is InChI=1S/C4H8FO4P/c1-3-7-10(6,9-5)8-4-2/h3H,1,4H2,2H3. The van der Waals surface area contributed by atoms with Crippen LogP contribution < -0.4 is 0 Å². The van der Waals surface area contributed by atoms with Crippen molar-refractivity contribution in [1.29, 1.82) is 0 Å². The predicted molar refractivity (Wildman–Crippen MR) is 32.7 cm³/mol. The minimum absolute atomic E-state index is 0.0367. The van der Waals surface area contributed by atoms with Gasteiger partial charge >= 0.3 is 7.82 Å². The molecule has 0 aromatic carbocycles. The Kier molecular flexibility index (Phi) is 4.27. The van der Waals surface area contributed by atoms with Crippen LogP contribution in [0, 0.1) is 0 Å². The van der Waals surface area contributed by atoms with Crippen LogP contribution in [0.25, 0.3) is 0 Å². The second-order valence-corrected chi connectivity index (χ2v) is 2.71. The van der Waals surface area contributed by atoms with Crippen molar-refractivity contribution in [3.05, 3.63) is 12.8 Å². The van der Waals surface area contributed by atoms with Crippen LogP contribution in [-0.2, 0) is 18.3 Å². The maximum absolute atomic E-state index is 11.4. The Morgan fingerprint density at radius 1 is 1.80 bits per heavy atom. The number of halogens is 1. The average molecular weight is 170 g/mol. The fraction of sp³-hybridized carbons (Fsp3) is 0.500. The molecule has 0 aromatic rings. The zero-order valence-electron chi connectivity index (χ0n) is 5.45. The molecule has 0 fully saturated rings. The maximum Gasteiger partial charge on any atom is 0.561 e. The third kappa shape index (κ3) is 2.96. The molecule has 0 amide bonds. The van der Waals surface area contributed by atoms with Crippen LogP contribution in [0.4, 0.5) is 4.53 Å². The third-order valence-electron chi connectivity index (χ3n) is 0.575. The Balaban J connectivity index is 3.94. The van der Waals surface area contributed by atoms with Crippen molar-refractivity contribution in [2.75, 3.05) is 6.61 Å². The monoisotopic (exact) mass is 170 g/mol. The van der Waals surface area contributed by atoms with Crippen LogP contribution in [0.15, 0.2) is 12.8 Å². The molecule has 0 spiro atoms. The van der Waals surface area contributed by atoms with E-state index in [1.165, 1.54) is 6.92 Å². The molecule has 0 saturated carbocycles. The maximum atomic E-state index is 11.4. The quantitative estimate of drug-likeness (QED) is 0.468. The highest BCUT2D eigenvalue weighted by Gasteiger charge is 2.26. The van der Waals surface area contributed by atoms with E-state index < -0.39 is 7.82 Å². The van der Waals surface area contributed by atoms with E-state index in [-0.39, 0.29) is 6.61 Å². The third-order valence-corrected chi connectivity index (χ3v) is 1.73. The second kappa shape index (κ2) is 4.44. The number of hydrogen-bond donors (Lipinski definition) is 0. The molecule has 0 aliphatic rings. The normalized spacial score (nSPS) is 15.8. The van der Waals surface area contributed by atoms with Gasteiger partial charge in [-0.25, -0.2) is 4.57 Å². The molecule has 6 heteroatoms. The van der Waals surface area contributed by atoms with Crippen LogP contribution in [-0.4, -0.2) is 6.61 Å². The van der Waals surface area contributed by atoms with Gasteiger partial charge in [-0.2, -0.15) is 0 Å². The summed E-state index contributed by atoms with van der Waals surface area (Å²) in [6.07, 6.45) is 0.788. The van der Waals surface area contributed by atoms with E-state index in [0.29, 0.717) is 0 Å². The summed E-state index contributed by atoms with van der Waals surface area (Å²) in [6, 6.07) is 0. The molecule has 0 rings (SSSR count). The van der Waals surface area contributed by atoms with Crippen molar-refractivity contribution in [3.8, 4) is 0 Å². The van der Waals surface area contributed by atoms with Gasteiger partial charge in [0.25, 0.3) is 0 Å². The van der Waals surface area contributed by atoms with Crippen molar-refractivity contribution in [2.45, 2.75) is 6.92 Å². The van der Waals surface area contributed by atoms with Gasteiger partial charge < -0.3 is 4.52 Å². The van der Waals surface area contributed by atoms with Crippen molar-refractivity contribution in [1.82, 2.24) is 0 Å². The van der Waals surface area contributed by atoms with Crippen molar-refractivity contribution in [3.63, 3.8) is 0 Å². The van der Waals surface area contributed by atoms with Crippen LogP contribution in [0.2, 0.25) is 0 Å². The molecule has 0 aliphatic heterocycles. The fourth-order valence-electron chi connectivity index (χ4n) is 0.316. The first kappa shape index (κ1) is 9.62. The van der Waals surface area contributed by atoms with Gasteiger partial charge in [0, 0.05) is 0 Å². The van der Waals surface area contributed by atoms with E-state index in [4.69, 9.17) is 0 Å². The topological polar surface area (TPSA) is 44.8 Å². The molecular formula is C4H8FO4P. The Hall–Kier alpha value is -0.380. The number of phosphoric ester groups is 1. The van der Waals surface area contributed by atoms with Gasteiger partial charge in [0.05, 0.1) is 12.9 Å². The molecule has 1 unspecified atom stereocenters. The van der Waals surface area contributed by atoms with Gasteiger partial charge in [-0.1, -0.05) is 11.3 Å². The molecule has 0 saturated heterocycles. The summed E-state index contributed by atoms with van der Waals surface area (Å²) in [4.78, 5) is 0. The Labute approximate surface area is 58.1 Å². The van der Waals surface area contributed by atoms with Crippen LogP contribution in [0.1, 0.15) is 6.92 Å². The first-order valence-electron chi connectivity index (χ1n) is 2.52. The van der Waals surface area contributed by atoms with Gasteiger partial charge in [-0.15, -0.1) is 0 Å². The van der Waals surface area contributed by atoms with E-state index in [2.05, 4.69) is 20.4 Å². The first-order chi connectivity index (χ1) is 4.68. The average Bonchev–Trinajstić information content (AvgIpc) is 1.89. The molecule has 60 valence electrons. The molecule has 10 heavy (non-hydrogen) atoms. The molecule has 0 aromatic heterocycles. The highest BCUT2D eigenvalue weighted by molar-refractivity contribution is 7.48. The summed E-state index contributed by atoms with van der Waals surface area (Å²) >= 11 is 0. The summed E-state index contributed by atoms with van der Waals surface area (Å²) in [6.45, 7) is 4.62. The van der Waals surface area contributed by atoms with E-state index in [1.807, 2.05) is 0 Å². The number of rotatable bonds is 5. The summed E-state index contributed by atoms with van der Waals surface area (Å²) in [5.41, 5.74) is 0. The van der Waals surface area contributed by atoms with Gasteiger partial charge in [0.1, 0.15) is 0 Å². The van der Waals surface area contributed by atoms with E-state index in [9.17, 15) is 9.09 Å². The smallest absolute Gasteiger partial charge is 0.411 e. The SMILES string of the molecule is C=COP(=O)(OF)OCC. The van der Waals surface area contributed by atoms with Crippen LogP contribution >= 0.6 is 7.82 Å². The lowest BCUT2D eigenvalue weighted by Gasteiger charge is -2.08. The molecule has 0 N–H and O–H groups in total. The number of phosphoric acid groups is 1. The Morgan fingerprint density at radius 2 is 2.40 bits per heavy atom. The molecule has 0 radical (unpaired) electrons. The summed E-state index contributed by atoms with van der Waals surface area (Å²) < 4.78 is 33.4. The fourth-order valence-corrected chi connectivity index (χ4v) is 0.948. The molecular weight excluding hydrogens is 162 g/mol. The first-order valence-corrected chi connectivity index (χ1v) is 3.98.